The van der Waals surface area contributed by atoms with Gasteiger partial charge in [-0.05, 0) is 30.7 Å². The first-order valence-electron chi connectivity index (χ1n) is 5.62. The van der Waals surface area contributed by atoms with Gasteiger partial charge in [-0.2, -0.15) is 0 Å². The molecule has 5 nitrogen and oxygen atoms in total. The Balaban J connectivity index is 2.10. The predicted octanol–water partition coefficient (Wildman–Crippen LogP) is 3.19. The van der Waals surface area contributed by atoms with E-state index in [0.29, 0.717) is 0 Å². The monoisotopic (exact) mass is 276 g/mol. The van der Waals surface area contributed by atoms with Crippen LogP contribution in [0.4, 0.5) is 5.69 Å². The first-order valence-corrected chi connectivity index (χ1v) is 6.44. The van der Waals surface area contributed by atoms with Crippen molar-refractivity contribution < 1.29 is 10.0 Å². The molecular formula is C13H12N2O3S. The van der Waals surface area contributed by atoms with E-state index in [9.17, 15) is 15.2 Å². The normalized spacial score (nSPS) is 12.1. The van der Waals surface area contributed by atoms with Crippen molar-refractivity contribution in [2.45, 2.75) is 22.9 Å². The van der Waals surface area contributed by atoms with Gasteiger partial charge in [0.25, 0.3) is 5.69 Å². The molecule has 0 aliphatic carbocycles. The summed E-state index contributed by atoms with van der Waals surface area (Å²) in [5, 5.41) is 20.7. The van der Waals surface area contributed by atoms with Crippen LogP contribution in [0.5, 0.6) is 0 Å². The molecule has 1 heterocycles. The summed E-state index contributed by atoms with van der Waals surface area (Å²) in [5.74, 6) is 0. The lowest BCUT2D eigenvalue weighted by atomic mass is 10.2. The van der Waals surface area contributed by atoms with Crippen LogP contribution in [-0.2, 0) is 0 Å². The smallest absolute Gasteiger partial charge is 0.269 e. The minimum Gasteiger partial charge on any atom is -0.389 e. The van der Waals surface area contributed by atoms with Crippen molar-refractivity contribution in [1.82, 2.24) is 4.98 Å². The summed E-state index contributed by atoms with van der Waals surface area (Å²) in [4.78, 5) is 15.2. The Morgan fingerprint density at radius 3 is 2.42 bits per heavy atom. The van der Waals surface area contributed by atoms with Gasteiger partial charge in [-0.1, -0.05) is 17.8 Å². The van der Waals surface area contributed by atoms with Crippen LogP contribution in [0.25, 0.3) is 0 Å². The Morgan fingerprint density at radius 2 is 1.95 bits per heavy atom. The van der Waals surface area contributed by atoms with Gasteiger partial charge in [-0.15, -0.1) is 0 Å². The van der Waals surface area contributed by atoms with E-state index in [1.807, 2.05) is 12.1 Å². The van der Waals surface area contributed by atoms with Crippen LogP contribution in [0.2, 0.25) is 0 Å². The number of aromatic nitrogens is 1. The summed E-state index contributed by atoms with van der Waals surface area (Å²) >= 11 is 1.41. The van der Waals surface area contributed by atoms with Gasteiger partial charge >= 0.3 is 0 Å². The number of aliphatic hydroxyl groups is 1. The van der Waals surface area contributed by atoms with E-state index in [2.05, 4.69) is 4.98 Å². The van der Waals surface area contributed by atoms with Gasteiger partial charge < -0.3 is 5.11 Å². The summed E-state index contributed by atoms with van der Waals surface area (Å²) in [6.45, 7) is 1.68. The molecule has 1 atom stereocenters. The molecule has 1 N–H and O–H groups in total. The standard InChI is InChI=1S/C13H12N2O3S/c1-9(16)10-2-7-13(14-8-10)19-12-5-3-11(4-6-12)15(17)18/h2-9,16H,1H3/t9-/m1/s1. The van der Waals surface area contributed by atoms with E-state index in [1.165, 1.54) is 23.9 Å². The largest absolute Gasteiger partial charge is 0.389 e. The van der Waals surface area contributed by atoms with Crippen molar-refractivity contribution in [1.29, 1.82) is 0 Å². The van der Waals surface area contributed by atoms with Crippen molar-refractivity contribution in [3.8, 4) is 0 Å². The second-order valence-electron chi connectivity index (χ2n) is 3.96. The molecule has 6 heteroatoms. The zero-order chi connectivity index (χ0) is 13.8. The van der Waals surface area contributed by atoms with Crippen LogP contribution in [-0.4, -0.2) is 15.0 Å². The molecule has 19 heavy (non-hydrogen) atoms. The molecule has 0 aliphatic heterocycles. The van der Waals surface area contributed by atoms with E-state index in [-0.39, 0.29) is 5.69 Å². The van der Waals surface area contributed by atoms with Crippen molar-refractivity contribution in [3.63, 3.8) is 0 Å². The third-order valence-corrected chi connectivity index (χ3v) is 3.47. The van der Waals surface area contributed by atoms with Crippen LogP contribution >= 0.6 is 11.8 Å². The van der Waals surface area contributed by atoms with Gasteiger partial charge in [0.05, 0.1) is 11.0 Å². The second-order valence-corrected chi connectivity index (χ2v) is 5.05. The average molecular weight is 276 g/mol. The molecule has 0 amide bonds. The number of pyridine rings is 1. The molecule has 0 radical (unpaired) electrons. The van der Waals surface area contributed by atoms with E-state index in [4.69, 9.17) is 0 Å². The summed E-state index contributed by atoms with van der Waals surface area (Å²) < 4.78 is 0. The summed E-state index contributed by atoms with van der Waals surface area (Å²) in [5.41, 5.74) is 0.829. The SMILES string of the molecule is C[C@@H](O)c1ccc(Sc2ccc([N+](=O)[O-])cc2)nc1. The fourth-order valence-electron chi connectivity index (χ4n) is 1.46. The van der Waals surface area contributed by atoms with E-state index in [0.717, 1.165) is 15.5 Å². The quantitative estimate of drug-likeness (QED) is 0.685. The zero-order valence-electron chi connectivity index (χ0n) is 10.2. The maximum atomic E-state index is 10.5. The third kappa shape index (κ3) is 3.52. The van der Waals surface area contributed by atoms with Gasteiger partial charge in [-0.25, -0.2) is 4.98 Å². The van der Waals surface area contributed by atoms with E-state index in [1.54, 1.807) is 25.3 Å². The topological polar surface area (TPSA) is 76.3 Å². The fourth-order valence-corrected chi connectivity index (χ4v) is 2.21. The molecule has 0 saturated heterocycles. The van der Waals surface area contributed by atoms with Gasteiger partial charge in [0.2, 0.25) is 0 Å². The minimum absolute atomic E-state index is 0.0711. The van der Waals surface area contributed by atoms with Crippen LogP contribution in [0.1, 0.15) is 18.6 Å². The number of hydrogen-bond acceptors (Lipinski definition) is 5. The Hall–Kier alpha value is -1.92. The van der Waals surface area contributed by atoms with E-state index >= 15 is 0 Å². The highest BCUT2D eigenvalue weighted by atomic mass is 32.2. The molecule has 1 aromatic heterocycles. The molecule has 0 saturated carbocycles. The molecule has 0 spiro atoms. The average Bonchev–Trinajstić information content (AvgIpc) is 2.40. The Bertz CT molecular complexity index is 567. The fraction of sp³-hybridized carbons (Fsp3) is 0.154. The molecule has 1 aromatic carbocycles. The second kappa shape index (κ2) is 5.81. The number of hydrogen-bond donors (Lipinski definition) is 1. The number of benzene rings is 1. The van der Waals surface area contributed by atoms with Gasteiger partial charge in [0.1, 0.15) is 5.03 Å². The van der Waals surface area contributed by atoms with Crippen molar-refractivity contribution in [2.75, 3.05) is 0 Å². The number of rotatable bonds is 4. The van der Waals surface area contributed by atoms with Crippen molar-refractivity contribution >= 4 is 17.4 Å². The molecule has 0 fully saturated rings. The highest BCUT2D eigenvalue weighted by Crippen LogP contribution is 2.28. The zero-order valence-corrected chi connectivity index (χ0v) is 11.0. The highest BCUT2D eigenvalue weighted by molar-refractivity contribution is 7.99. The first kappa shape index (κ1) is 13.5. The lowest BCUT2D eigenvalue weighted by molar-refractivity contribution is -0.384. The number of nitro groups is 1. The summed E-state index contributed by atoms with van der Waals surface area (Å²) in [7, 11) is 0. The summed E-state index contributed by atoms with van der Waals surface area (Å²) in [6, 6.07) is 9.93. The van der Waals surface area contributed by atoms with Gasteiger partial charge in [0, 0.05) is 23.2 Å². The number of nitro benzene ring substituents is 1. The Labute approximate surface area is 114 Å². The molecule has 2 rings (SSSR count). The lowest BCUT2D eigenvalue weighted by Gasteiger charge is -2.05. The molecular weight excluding hydrogens is 264 g/mol. The number of aliphatic hydroxyl groups excluding tert-OH is 1. The molecule has 0 aliphatic rings. The molecule has 98 valence electrons. The highest BCUT2D eigenvalue weighted by Gasteiger charge is 2.06. The lowest BCUT2D eigenvalue weighted by Crippen LogP contribution is -1.92. The summed E-state index contributed by atoms with van der Waals surface area (Å²) in [6.07, 6.45) is 1.09. The van der Waals surface area contributed by atoms with Gasteiger partial charge in [0.15, 0.2) is 0 Å². The van der Waals surface area contributed by atoms with Crippen LogP contribution in [0, 0.1) is 10.1 Å². The predicted molar refractivity (Wildman–Crippen MR) is 72.1 cm³/mol. The maximum absolute atomic E-state index is 10.5. The van der Waals surface area contributed by atoms with Crippen molar-refractivity contribution in [3.05, 3.63) is 58.3 Å². The molecule has 0 bridgehead atoms. The van der Waals surface area contributed by atoms with Crippen LogP contribution < -0.4 is 0 Å². The minimum atomic E-state index is -0.536. The van der Waals surface area contributed by atoms with E-state index < -0.39 is 11.0 Å². The molecule has 0 unspecified atom stereocenters. The van der Waals surface area contributed by atoms with Crippen LogP contribution in [0.3, 0.4) is 0 Å². The third-order valence-electron chi connectivity index (χ3n) is 2.51. The van der Waals surface area contributed by atoms with Gasteiger partial charge in [-0.3, -0.25) is 10.1 Å². The number of non-ortho nitro benzene ring substituents is 1. The number of nitrogens with zero attached hydrogens (tertiary/aromatic N) is 2. The van der Waals surface area contributed by atoms with Crippen LogP contribution in [0.15, 0.2) is 52.5 Å². The molecule has 2 aromatic rings. The maximum Gasteiger partial charge on any atom is 0.269 e. The Kier molecular flexibility index (Phi) is 4.13. The van der Waals surface area contributed by atoms with Crippen molar-refractivity contribution in [2.24, 2.45) is 0 Å². The first-order chi connectivity index (χ1) is 9.06. The Morgan fingerprint density at radius 1 is 1.26 bits per heavy atom.